The molecular formula is C16H21BrFN3. The summed E-state index contributed by atoms with van der Waals surface area (Å²) in [5, 5.41) is 7.83. The number of halogens is 2. The minimum absolute atomic E-state index is 0.0624. The summed E-state index contributed by atoms with van der Waals surface area (Å²) in [6.07, 6.45) is 1.62. The molecule has 0 amide bonds. The second-order valence-corrected chi connectivity index (χ2v) is 5.92. The van der Waals surface area contributed by atoms with Gasteiger partial charge in [-0.3, -0.25) is 4.68 Å². The molecule has 0 aliphatic carbocycles. The standard InChI is InChI=1S/C16H21BrFN3/c1-4-11-9-12(21(3)20-11)10-15(19-5-2)13-7-6-8-14(17)16(13)18/h6-9,15,19H,4-5,10H2,1-3H3. The van der Waals surface area contributed by atoms with Gasteiger partial charge >= 0.3 is 0 Å². The highest BCUT2D eigenvalue weighted by Crippen LogP contribution is 2.26. The third-order valence-corrected chi connectivity index (χ3v) is 4.22. The minimum Gasteiger partial charge on any atom is -0.310 e. The van der Waals surface area contributed by atoms with Crippen molar-refractivity contribution < 1.29 is 4.39 Å². The zero-order chi connectivity index (χ0) is 15.4. The van der Waals surface area contributed by atoms with Crippen molar-refractivity contribution in [2.24, 2.45) is 7.05 Å². The first-order valence-electron chi connectivity index (χ1n) is 7.25. The maximum atomic E-state index is 14.3. The first kappa shape index (κ1) is 16.2. The molecule has 2 rings (SSSR count). The number of nitrogens with zero attached hydrogens (tertiary/aromatic N) is 2. The smallest absolute Gasteiger partial charge is 0.142 e. The van der Waals surface area contributed by atoms with Crippen LogP contribution >= 0.6 is 15.9 Å². The molecule has 1 aromatic heterocycles. The predicted octanol–water partition coefficient (Wildman–Crippen LogP) is 3.78. The Morgan fingerprint density at radius 1 is 1.38 bits per heavy atom. The van der Waals surface area contributed by atoms with Crippen LogP contribution in [0.3, 0.4) is 0 Å². The van der Waals surface area contributed by atoms with Gasteiger partial charge in [0.15, 0.2) is 0 Å². The third kappa shape index (κ3) is 3.71. The van der Waals surface area contributed by atoms with Crippen LogP contribution in [0.2, 0.25) is 0 Å². The molecule has 0 radical (unpaired) electrons. The molecular weight excluding hydrogens is 333 g/mol. The number of benzene rings is 1. The van der Waals surface area contributed by atoms with E-state index >= 15 is 0 Å². The SMILES string of the molecule is CCNC(Cc1cc(CC)nn1C)c1cccc(Br)c1F. The van der Waals surface area contributed by atoms with E-state index in [1.165, 1.54) is 0 Å². The van der Waals surface area contributed by atoms with Gasteiger partial charge in [0.2, 0.25) is 0 Å². The fraction of sp³-hybridized carbons (Fsp3) is 0.438. The molecule has 3 nitrogen and oxygen atoms in total. The van der Waals surface area contributed by atoms with Crippen LogP contribution in [0, 0.1) is 5.82 Å². The van der Waals surface area contributed by atoms with Crippen LogP contribution in [0.4, 0.5) is 4.39 Å². The normalized spacial score (nSPS) is 12.6. The van der Waals surface area contributed by atoms with Gasteiger partial charge in [0.25, 0.3) is 0 Å². The van der Waals surface area contributed by atoms with E-state index in [2.05, 4.69) is 39.3 Å². The number of hydrogen-bond donors (Lipinski definition) is 1. The van der Waals surface area contributed by atoms with Crippen molar-refractivity contribution in [2.45, 2.75) is 32.7 Å². The van der Waals surface area contributed by atoms with Crippen molar-refractivity contribution in [3.05, 3.63) is 51.5 Å². The summed E-state index contributed by atoms with van der Waals surface area (Å²) in [7, 11) is 1.94. The molecule has 0 fully saturated rings. The van der Waals surface area contributed by atoms with Crippen LogP contribution in [0.1, 0.15) is 36.8 Å². The molecule has 1 atom stereocenters. The van der Waals surface area contributed by atoms with Gasteiger partial charge in [-0.1, -0.05) is 26.0 Å². The number of hydrogen-bond acceptors (Lipinski definition) is 2. The maximum Gasteiger partial charge on any atom is 0.142 e. The summed E-state index contributed by atoms with van der Waals surface area (Å²) >= 11 is 3.26. The quantitative estimate of drug-likeness (QED) is 0.856. The molecule has 0 saturated heterocycles. The molecule has 0 aliphatic rings. The largest absolute Gasteiger partial charge is 0.310 e. The average molecular weight is 354 g/mol. The Hall–Kier alpha value is -1.20. The van der Waals surface area contributed by atoms with Gasteiger partial charge in [-0.2, -0.15) is 5.10 Å². The lowest BCUT2D eigenvalue weighted by Crippen LogP contribution is -2.25. The lowest BCUT2D eigenvalue weighted by Gasteiger charge is -2.19. The number of aromatic nitrogens is 2. The molecule has 1 heterocycles. The molecule has 114 valence electrons. The highest BCUT2D eigenvalue weighted by Gasteiger charge is 2.19. The van der Waals surface area contributed by atoms with Gasteiger partial charge in [-0.05, 0) is 41.0 Å². The third-order valence-electron chi connectivity index (χ3n) is 3.61. The molecule has 0 saturated carbocycles. The summed E-state index contributed by atoms with van der Waals surface area (Å²) in [5.41, 5.74) is 2.86. The average Bonchev–Trinajstić information content (AvgIpc) is 2.82. The lowest BCUT2D eigenvalue weighted by atomic mass is 10.0. The van der Waals surface area contributed by atoms with E-state index in [0.29, 0.717) is 16.5 Å². The van der Waals surface area contributed by atoms with Crippen LogP contribution in [0.25, 0.3) is 0 Å². The number of aryl methyl sites for hydroxylation is 2. The Bertz CT molecular complexity index is 610. The first-order chi connectivity index (χ1) is 10.1. The second kappa shape index (κ2) is 7.18. The van der Waals surface area contributed by atoms with Crippen molar-refractivity contribution in [3.63, 3.8) is 0 Å². The molecule has 21 heavy (non-hydrogen) atoms. The van der Waals surface area contributed by atoms with Gasteiger partial charge in [0.1, 0.15) is 5.82 Å². The van der Waals surface area contributed by atoms with Gasteiger partial charge in [-0.25, -0.2) is 4.39 Å². The van der Waals surface area contributed by atoms with E-state index in [1.54, 1.807) is 6.07 Å². The van der Waals surface area contributed by atoms with Gasteiger partial charge in [0, 0.05) is 30.8 Å². The topological polar surface area (TPSA) is 29.9 Å². The molecule has 1 aromatic carbocycles. The van der Waals surface area contributed by atoms with Crippen LogP contribution in [-0.2, 0) is 19.9 Å². The van der Waals surface area contributed by atoms with E-state index in [-0.39, 0.29) is 11.9 Å². The monoisotopic (exact) mass is 353 g/mol. The highest BCUT2D eigenvalue weighted by atomic mass is 79.9. The maximum absolute atomic E-state index is 14.3. The lowest BCUT2D eigenvalue weighted by molar-refractivity contribution is 0.495. The van der Waals surface area contributed by atoms with Crippen LogP contribution in [0.15, 0.2) is 28.7 Å². The molecule has 2 aromatic rings. The minimum atomic E-state index is -0.193. The van der Waals surface area contributed by atoms with Crippen molar-refractivity contribution in [1.29, 1.82) is 0 Å². The summed E-state index contributed by atoms with van der Waals surface area (Å²) < 4.78 is 16.7. The number of nitrogens with one attached hydrogen (secondary N) is 1. The van der Waals surface area contributed by atoms with Crippen molar-refractivity contribution in [1.82, 2.24) is 15.1 Å². The predicted molar refractivity (Wildman–Crippen MR) is 86.8 cm³/mol. The fourth-order valence-electron chi connectivity index (χ4n) is 2.47. The Morgan fingerprint density at radius 3 is 2.76 bits per heavy atom. The van der Waals surface area contributed by atoms with Crippen LogP contribution < -0.4 is 5.32 Å². The summed E-state index contributed by atoms with van der Waals surface area (Å²) in [4.78, 5) is 0. The van der Waals surface area contributed by atoms with Gasteiger partial charge in [0.05, 0.1) is 10.2 Å². The molecule has 5 heteroatoms. The highest BCUT2D eigenvalue weighted by molar-refractivity contribution is 9.10. The zero-order valence-electron chi connectivity index (χ0n) is 12.7. The Kier molecular flexibility index (Phi) is 5.53. The fourth-order valence-corrected chi connectivity index (χ4v) is 2.85. The van der Waals surface area contributed by atoms with E-state index < -0.39 is 0 Å². The van der Waals surface area contributed by atoms with Crippen molar-refractivity contribution >= 4 is 15.9 Å². The van der Waals surface area contributed by atoms with Crippen LogP contribution in [-0.4, -0.2) is 16.3 Å². The molecule has 0 bridgehead atoms. The first-order valence-corrected chi connectivity index (χ1v) is 8.05. The van der Waals surface area contributed by atoms with Gasteiger partial charge < -0.3 is 5.32 Å². The van der Waals surface area contributed by atoms with Gasteiger partial charge in [-0.15, -0.1) is 0 Å². The summed E-state index contributed by atoms with van der Waals surface area (Å²) in [6.45, 7) is 4.90. The summed E-state index contributed by atoms with van der Waals surface area (Å²) in [5.74, 6) is -0.193. The Labute approximate surface area is 133 Å². The van der Waals surface area contributed by atoms with Crippen molar-refractivity contribution in [2.75, 3.05) is 6.54 Å². The number of likely N-dealkylation sites (N-methyl/N-ethyl adjacent to an activating group) is 1. The summed E-state index contributed by atoms with van der Waals surface area (Å²) in [6, 6.07) is 7.46. The number of rotatable bonds is 6. The molecule has 0 spiro atoms. The van der Waals surface area contributed by atoms with Crippen LogP contribution in [0.5, 0.6) is 0 Å². The molecule has 1 N–H and O–H groups in total. The van der Waals surface area contributed by atoms with Crippen molar-refractivity contribution in [3.8, 4) is 0 Å². The second-order valence-electron chi connectivity index (χ2n) is 5.06. The van der Waals surface area contributed by atoms with E-state index in [9.17, 15) is 4.39 Å². The Morgan fingerprint density at radius 2 is 2.14 bits per heavy atom. The zero-order valence-corrected chi connectivity index (χ0v) is 14.2. The van der Waals surface area contributed by atoms with E-state index in [0.717, 1.165) is 24.4 Å². The molecule has 1 unspecified atom stereocenters. The van der Waals surface area contributed by atoms with E-state index in [1.807, 2.05) is 30.8 Å². The molecule has 0 aliphatic heterocycles. The van der Waals surface area contributed by atoms with E-state index in [4.69, 9.17) is 0 Å². The Balaban J connectivity index is 2.30.